The van der Waals surface area contributed by atoms with Crippen LogP contribution < -0.4 is 0 Å². The van der Waals surface area contributed by atoms with Gasteiger partial charge in [0.05, 0.1) is 6.61 Å². The Kier molecular flexibility index (Phi) is 7.21. The first-order valence-electron chi connectivity index (χ1n) is 4.61. The highest BCUT2D eigenvalue weighted by atomic mass is 16.5. The van der Waals surface area contributed by atoms with Crippen LogP contribution in [-0.2, 0) is 9.53 Å². The third-order valence-corrected chi connectivity index (χ3v) is 1.67. The van der Waals surface area contributed by atoms with Gasteiger partial charge >= 0.3 is 0 Å². The van der Waals surface area contributed by atoms with E-state index in [1.807, 2.05) is 32.1 Å². The van der Waals surface area contributed by atoms with Crippen LogP contribution in [0.3, 0.4) is 0 Å². The second-order valence-corrected chi connectivity index (χ2v) is 2.77. The highest BCUT2D eigenvalue weighted by molar-refractivity contribution is 5.97. The van der Waals surface area contributed by atoms with Crippen LogP contribution in [0.4, 0.5) is 0 Å². The van der Waals surface area contributed by atoms with E-state index in [0.29, 0.717) is 13.0 Å². The van der Waals surface area contributed by atoms with E-state index in [1.165, 1.54) is 0 Å². The third kappa shape index (κ3) is 5.36. The Labute approximate surface area is 80.3 Å². The topological polar surface area (TPSA) is 26.3 Å². The van der Waals surface area contributed by atoms with Crippen molar-refractivity contribution in [2.75, 3.05) is 13.7 Å². The number of Topliss-reactive ketones (excluding diaryl/α,β-unsaturated/α-hetero) is 1. The first kappa shape index (κ1) is 12.1. The van der Waals surface area contributed by atoms with Crippen molar-refractivity contribution in [1.82, 2.24) is 0 Å². The molecule has 74 valence electrons. The maximum absolute atomic E-state index is 11.4. The molecule has 0 aromatic carbocycles. The van der Waals surface area contributed by atoms with Crippen molar-refractivity contribution in [2.45, 2.75) is 26.7 Å². The molecule has 0 aromatic rings. The van der Waals surface area contributed by atoms with Gasteiger partial charge in [0.2, 0.25) is 0 Å². The van der Waals surface area contributed by atoms with Crippen LogP contribution in [0.15, 0.2) is 23.8 Å². The van der Waals surface area contributed by atoms with Crippen molar-refractivity contribution in [3.8, 4) is 0 Å². The van der Waals surface area contributed by atoms with Gasteiger partial charge in [-0.05, 0) is 13.3 Å². The zero-order valence-corrected chi connectivity index (χ0v) is 8.67. The molecule has 0 saturated heterocycles. The lowest BCUT2D eigenvalue weighted by molar-refractivity contribution is -0.115. The lowest BCUT2D eigenvalue weighted by atomic mass is 10.1. The second-order valence-electron chi connectivity index (χ2n) is 2.77. The molecule has 0 heterocycles. The molecule has 0 N–H and O–H groups in total. The van der Waals surface area contributed by atoms with Crippen molar-refractivity contribution in [3.63, 3.8) is 0 Å². The molecule has 0 atom stereocenters. The number of methoxy groups -OCH3 is 1. The van der Waals surface area contributed by atoms with Crippen LogP contribution in [-0.4, -0.2) is 19.5 Å². The van der Waals surface area contributed by atoms with E-state index >= 15 is 0 Å². The molecule has 0 amide bonds. The summed E-state index contributed by atoms with van der Waals surface area (Å²) < 4.78 is 4.85. The minimum absolute atomic E-state index is 0.206. The summed E-state index contributed by atoms with van der Waals surface area (Å²) in [4.78, 5) is 11.4. The van der Waals surface area contributed by atoms with Crippen molar-refractivity contribution < 1.29 is 9.53 Å². The van der Waals surface area contributed by atoms with Gasteiger partial charge in [0.15, 0.2) is 5.78 Å². The maximum atomic E-state index is 11.4. The molecule has 0 bridgehead atoms. The highest BCUT2D eigenvalue weighted by Gasteiger charge is 2.02. The number of ketones is 1. The van der Waals surface area contributed by atoms with Crippen LogP contribution in [0.25, 0.3) is 0 Å². The minimum atomic E-state index is 0.206. The van der Waals surface area contributed by atoms with Crippen molar-refractivity contribution in [3.05, 3.63) is 23.8 Å². The van der Waals surface area contributed by atoms with Gasteiger partial charge in [0.25, 0.3) is 0 Å². The molecule has 0 aromatic heterocycles. The van der Waals surface area contributed by atoms with Crippen LogP contribution in [0.1, 0.15) is 26.7 Å². The normalized spacial score (nSPS) is 12.4. The zero-order chi connectivity index (χ0) is 10.1. The summed E-state index contributed by atoms with van der Waals surface area (Å²) in [7, 11) is 1.63. The van der Waals surface area contributed by atoms with Crippen LogP contribution >= 0.6 is 0 Å². The van der Waals surface area contributed by atoms with Crippen molar-refractivity contribution in [2.24, 2.45) is 0 Å². The first-order chi connectivity index (χ1) is 6.26. The molecule has 0 aliphatic rings. The van der Waals surface area contributed by atoms with Gasteiger partial charge in [0, 0.05) is 19.1 Å². The maximum Gasteiger partial charge on any atom is 0.162 e. The Morgan fingerprint density at radius 2 is 2.15 bits per heavy atom. The fraction of sp³-hybridized carbons (Fsp3) is 0.545. The monoisotopic (exact) mass is 182 g/mol. The predicted molar refractivity (Wildman–Crippen MR) is 54.7 cm³/mol. The lowest BCUT2D eigenvalue weighted by Gasteiger charge is -1.98. The average Bonchev–Trinajstić information content (AvgIpc) is 2.13. The Bertz CT molecular complexity index is 202. The fourth-order valence-electron chi connectivity index (χ4n) is 0.993. The number of carbonyl (C=O) groups is 1. The quantitative estimate of drug-likeness (QED) is 0.466. The van der Waals surface area contributed by atoms with E-state index in [9.17, 15) is 4.79 Å². The van der Waals surface area contributed by atoms with E-state index in [-0.39, 0.29) is 5.78 Å². The van der Waals surface area contributed by atoms with Gasteiger partial charge in [0.1, 0.15) is 0 Å². The smallest absolute Gasteiger partial charge is 0.162 e. The Balaban J connectivity index is 4.11. The van der Waals surface area contributed by atoms with E-state index in [1.54, 1.807) is 7.11 Å². The second kappa shape index (κ2) is 7.74. The number of rotatable bonds is 6. The van der Waals surface area contributed by atoms with E-state index in [4.69, 9.17) is 4.74 Å². The molecule has 0 saturated carbocycles. The molecule has 2 heteroatoms. The molecule has 0 radical (unpaired) electrons. The van der Waals surface area contributed by atoms with Gasteiger partial charge in [-0.2, -0.15) is 0 Å². The van der Waals surface area contributed by atoms with Crippen molar-refractivity contribution >= 4 is 5.78 Å². The van der Waals surface area contributed by atoms with E-state index in [0.717, 1.165) is 12.0 Å². The molecule has 0 spiro atoms. The van der Waals surface area contributed by atoms with Gasteiger partial charge < -0.3 is 4.74 Å². The molecular weight excluding hydrogens is 164 g/mol. The molecular formula is C11H18O2. The molecule has 0 unspecified atom stereocenters. The summed E-state index contributed by atoms with van der Waals surface area (Å²) in [6.45, 7) is 4.43. The average molecular weight is 182 g/mol. The summed E-state index contributed by atoms with van der Waals surface area (Å²) in [6, 6.07) is 0. The first-order valence-corrected chi connectivity index (χ1v) is 4.61. The van der Waals surface area contributed by atoms with E-state index in [2.05, 4.69) is 0 Å². The molecule has 0 aliphatic heterocycles. The summed E-state index contributed by atoms with van der Waals surface area (Å²) in [6.07, 6.45) is 7.03. The van der Waals surface area contributed by atoms with Gasteiger partial charge in [-0.3, -0.25) is 4.79 Å². The summed E-state index contributed by atoms with van der Waals surface area (Å²) in [5.74, 6) is 0.206. The number of ether oxygens (including phenoxy) is 1. The van der Waals surface area contributed by atoms with E-state index < -0.39 is 0 Å². The van der Waals surface area contributed by atoms with Crippen molar-refractivity contribution in [1.29, 1.82) is 0 Å². The van der Waals surface area contributed by atoms with Gasteiger partial charge in [-0.1, -0.05) is 25.2 Å². The summed E-state index contributed by atoms with van der Waals surface area (Å²) in [5.41, 5.74) is 0.777. The zero-order valence-electron chi connectivity index (χ0n) is 8.67. The number of allylic oxidation sites excluding steroid dienone is 3. The predicted octanol–water partition coefficient (Wildman–Crippen LogP) is 2.50. The number of hydrogen-bond donors (Lipinski definition) is 0. The number of carbonyl (C=O) groups excluding carboxylic acids is 1. The number of hydrogen-bond acceptors (Lipinski definition) is 2. The third-order valence-electron chi connectivity index (χ3n) is 1.67. The fourth-order valence-corrected chi connectivity index (χ4v) is 0.993. The standard InChI is InChI=1S/C11H18O2/c1-4-7-11(12)10(5-2)8-6-9-13-3/h5-6,8H,4,7,9H2,1-3H3/b8-6-,10-5+. The molecule has 2 nitrogen and oxygen atoms in total. The van der Waals surface area contributed by atoms with Crippen LogP contribution in [0, 0.1) is 0 Å². The van der Waals surface area contributed by atoms with Crippen LogP contribution in [0.2, 0.25) is 0 Å². The Morgan fingerprint density at radius 1 is 1.46 bits per heavy atom. The summed E-state index contributed by atoms with van der Waals surface area (Å²) >= 11 is 0. The minimum Gasteiger partial charge on any atom is -0.381 e. The largest absolute Gasteiger partial charge is 0.381 e. The molecule has 0 fully saturated rings. The molecule has 0 rings (SSSR count). The highest BCUT2D eigenvalue weighted by Crippen LogP contribution is 2.04. The van der Waals surface area contributed by atoms with Crippen LogP contribution in [0.5, 0.6) is 0 Å². The summed E-state index contributed by atoms with van der Waals surface area (Å²) in [5, 5.41) is 0. The van der Waals surface area contributed by atoms with Gasteiger partial charge in [-0.15, -0.1) is 0 Å². The Hall–Kier alpha value is -0.890. The molecule has 0 aliphatic carbocycles. The lowest BCUT2D eigenvalue weighted by Crippen LogP contribution is -1.99. The molecule has 13 heavy (non-hydrogen) atoms. The SMILES string of the molecule is C/C=C(\C=C/COC)C(=O)CCC. The van der Waals surface area contributed by atoms with Gasteiger partial charge in [-0.25, -0.2) is 0 Å². The Morgan fingerprint density at radius 3 is 2.62 bits per heavy atom.